The van der Waals surface area contributed by atoms with Gasteiger partial charge in [-0.25, -0.2) is 4.79 Å². The van der Waals surface area contributed by atoms with E-state index in [1.807, 2.05) is 29.6 Å². The van der Waals surface area contributed by atoms with Gasteiger partial charge in [0.05, 0.1) is 12.7 Å². The van der Waals surface area contributed by atoms with Crippen molar-refractivity contribution in [2.24, 2.45) is 0 Å². The van der Waals surface area contributed by atoms with E-state index in [1.165, 1.54) is 0 Å². The second kappa shape index (κ2) is 6.70. The molecule has 1 fully saturated rings. The fourth-order valence-corrected chi connectivity index (χ4v) is 5.08. The fourth-order valence-electron chi connectivity index (χ4n) is 4.08. The van der Waals surface area contributed by atoms with E-state index in [4.69, 9.17) is 9.26 Å². The van der Waals surface area contributed by atoms with Gasteiger partial charge in [0.1, 0.15) is 17.8 Å². The molecule has 0 bridgehead atoms. The number of aryl methyl sites for hydroxylation is 1. The summed E-state index contributed by atoms with van der Waals surface area (Å²) in [6.45, 7) is -0.0754. The first-order valence-corrected chi connectivity index (χ1v) is 10.2. The molecule has 1 aliphatic heterocycles. The Kier molecular flexibility index (Phi) is 4.13. The van der Waals surface area contributed by atoms with Crippen LogP contribution in [0.2, 0.25) is 0 Å². The van der Waals surface area contributed by atoms with Crippen LogP contribution in [-0.4, -0.2) is 34.1 Å². The number of nitrogens with zero attached hydrogens (tertiary/aromatic N) is 3. The third kappa shape index (κ3) is 2.72. The average molecular weight is 410 g/mol. The third-order valence-electron chi connectivity index (χ3n) is 5.45. The summed E-state index contributed by atoms with van der Waals surface area (Å²) < 4.78 is 10.6. The Labute approximate surface area is 170 Å². The number of nitrogens with one attached hydrogen (secondary N) is 1. The largest absolute Gasteiger partial charge is 0.496 e. The molecule has 0 radical (unpaired) electrons. The molecule has 1 aliphatic carbocycles. The van der Waals surface area contributed by atoms with Crippen LogP contribution in [0.3, 0.4) is 0 Å². The lowest BCUT2D eigenvalue weighted by atomic mass is 9.80. The van der Waals surface area contributed by atoms with Crippen LogP contribution in [0.15, 0.2) is 40.2 Å². The highest BCUT2D eigenvalue weighted by atomic mass is 32.1. The summed E-state index contributed by atoms with van der Waals surface area (Å²) >= 11 is 1.62. The lowest BCUT2D eigenvalue weighted by molar-refractivity contribution is -0.132. The van der Waals surface area contributed by atoms with Crippen LogP contribution in [0.1, 0.15) is 29.2 Å². The molecule has 9 heteroatoms. The second-order valence-corrected chi connectivity index (χ2v) is 8.05. The Bertz CT molecular complexity index is 1110. The molecule has 3 aromatic rings. The molecule has 0 saturated carbocycles. The van der Waals surface area contributed by atoms with Crippen molar-refractivity contribution in [2.45, 2.75) is 31.3 Å². The first-order valence-electron chi connectivity index (χ1n) is 9.29. The molecule has 148 valence electrons. The number of fused-ring (bicyclic) bond motifs is 2. The molecule has 8 nitrogen and oxygen atoms in total. The molecule has 1 saturated heterocycles. The molecular formula is C20H18N4O4S. The van der Waals surface area contributed by atoms with E-state index in [9.17, 15) is 9.59 Å². The van der Waals surface area contributed by atoms with Crippen molar-refractivity contribution in [3.63, 3.8) is 0 Å². The van der Waals surface area contributed by atoms with Gasteiger partial charge in [-0.2, -0.15) is 4.98 Å². The molecule has 2 aromatic heterocycles. The van der Waals surface area contributed by atoms with Crippen LogP contribution in [0, 0.1) is 0 Å². The maximum absolute atomic E-state index is 13.3. The Morgan fingerprint density at radius 2 is 2.17 bits per heavy atom. The minimum Gasteiger partial charge on any atom is -0.496 e. The van der Waals surface area contributed by atoms with Crippen molar-refractivity contribution in [3.8, 4) is 17.1 Å². The molecule has 1 N–H and O–H groups in total. The Balaban J connectivity index is 1.42. The van der Waals surface area contributed by atoms with Crippen molar-refractivity contribution >= 4 is 23.3 Å². The lowest BCUT2D eigenvalue weighted by Gasteiger charge is -2.31. The van der Waals surface area contributed by atoms with Gasteiger partial charge in [-0.05, 0) is 42.8 Å². The van der Waals surface area contributed by atoms with Crippen molar-refractivity contribution in [1.82, 2.24) is 20.4 Å². The lowest BCUT2D eigenvalue weighted by Crippen LogP contribution is -2.46. The van der Waals surface area contributed by atoms with E-state index in [0.29, 0.717) is 23.6 Å². The van der Waals surface area contributed by atoms with Crippen LogP contribution in [0.4, 0.5) is 4.79 Å². The minimum atomic E-state index is -0.976. The van der Waals surface area contributed by atoms with E-state index in [1.54, 1.807) is 24.5 Å². The average Bonchev–Trinajstić information content (AvgIpc) is 3.45. The zero-order valence-electron chi connectivity index (χ0n) is 15.7. The Hall–Kier alpha value is -3.20. The quantitative estimate of drug-likeness (QED) is 0.664. The van der Waals surface area contributed by atoms with E-state index in [2.05, 4.69) is 15.5 Å². The number of thiophene rings is 1. The SMILES string of the molecule is COc1ccccc1-c1noc(CN2C(=O)N[C@@]3(CCCc4sccc43)C2=O)n1. The topological polar surface area (TPSA) is 97.6 Å². The van der Waals surface area contributed by atoms with Crippen LogP contribution < -0.4 is 10.1 Å². The van der Waals surface area contributed by atoms with Gasteiger partial charge in [0.25, 0.3) is 5.91 Å². The fraction of sp³-hybridized carbons (Fsp3) is 0.300. The van der Waals surface area contributed by atoms with E-state index >= 15 is 0 Å². The number of methoxy groups -OCH3 is 1. The maximum atomic E-state index is 13.3. The zero-order chi connectivity index (χ0) is 20.0. The number of benzene rings is 1. The summed E-state index contributed by atoms with van der Waals surface area (Å²) in [5.41, 5.74) is 0.611. The number of amides is 3. The zero-order valence-corrected chi connectivity index (χ0v) is 16.5. The van der Waals surface area contributed by atoms with Gasteiger partial charge in [0, 0.05) is 10.4 Å². The number of hydrogen-bond acceptors (Lipinski definition) is 7. The third-order valence-corrected chi connectivity index (χ3v) is 6.43. The highest BCUT2D eigenvalue weighted by molar-refractivity contribution is 7.10. The maximum Gasteiger partial charge on any atom is 0.325 e. The molecule has 1 aromatic carbocycles. The normalized spacial score (nSPS) is 20.8. The molecule has 3 amide bonds. The Morgan fingerprint density at radius 3 is 3.03 bits per heavy atom. The highest BCUT2D eigenvalue weighted by Gasteiger charge is 2.54. The standard InChI is InChI=1S/C20H18N4O4S/c1-27-14-6-3-2-5-12(14)17-21-16(28-23-17)11-24-18(25)20(22-19(24)26)9-4-7-15-13(20)8-10-29-15/h2-3,5-6,8,10H,4,7,9,11H2,1H3,(H,22,26)/t20-/m1/s1. The first kappa shape index (κ1) is 17.9. The molecule has 1 spiro atoms. The molecular weight excluding hydrogens is 392 g/mol. The number of aromatic nitrogens is 2. The van der Waals surface area contributed by atoms with Crippen molar-refractivity contribution in [1.29, 1.82) is 0 Å². The first-order chi connectivity index (χ1) is 14.1. The number of para-hydroxylation sites is 1. The van der Waals surface area contributed by atoms with E-state index in [-0.39, 0.29) is 18.3 Å². The minimum absolute atomic E-state index is 0.0754. The summed E-state index contributed by atoms with van der Waals surface area (Å²) in [4.78, 5) is 32.6. The van der Waals surface area contributed by atoms with Gasteiger partial charge in [0.15, 0.2) is 0 Å². The smallest absolute Gasteiger partial charge is 0.325 e. The van der Waals surface area contributed by atoms with Gasteiger partial charge in [-0.1, -0.05) is 17.3 Å². The van der Waals surface area contributed by atoms with Crippen molar-refractivity contribution < 1.29 is 18.8 Å². The molecule has 2 aliphatic rings. The molecule has 1 atom stereocenters. The molecule has 5 rings (SSSR count). The highest BCUT2D eigenvalue weighted by Crippen LogP contribution is 2.42. The van der Waals surface area contributed by atoms with Gasteiger partial charge in [0.2, 0.25) is 11.7 Å². The molecule has 0 unspecified atom stereocenters. The number of urea groups is 1. The van der Waals surface area contributed by atoms with Crippen LogP contribution in [0.5, 0.6) is 5.75 Å². The summed E-state index contributed by atoms with van der Waals surface area (Å²) in [6, 6.07) is 8.80. The number of rotatable bonds is 4. The summed E-state index contributed by atoms with van der Waals surface area (Å²) in [7, 11) is 1.56. The van der Waals surface area contributed by atoms with Crippen LogP contribution in [0.25, 0.3) is 11.4 Å². The number of imide groups is 1. The van der Waals surface area contributed by atoms with Crippen molar-refractivity contribution in [3.05, 3.63) is 52.0 Å². The monoisotopic (exact) mass is 410 g/mol. The van der Waals surface area contributed by atoms with Crippen LogP contribution in [-0.2, 0) is 23.3 Å². The second-order valence-electron chi connectivity index (χ2n) is 7.05. The predicted molar refractivity (Wildman–Crippen MR) is 104 cm³/mol. The summed E-state index contributed by atoms with van der Waals surface area (Å²) in [5.74, 6) is 0.879. The van der Waals surface area contributed by atoms with Gasteiger partial charge in [-0.15, -0.1) is 11.3 Å². The van der Waals surface area contributed by atoms with Gasteiger partial charge < -0.3 is 14.6 Å². The van der Waals surface area contributed by atoms with E-state index < -0.39 is 11.6 Å². The Morgan fingerprint density at radius 1 is 1.31 bits per heavy atom. The van der Waals surface area contributed by atoms with Gasteiger partial charge in [-0.3, -0.25) is 9.69 Å². The van der Waals surface area contributed by atoms with Crippen molar-refractivity contribution in [2.75, 3.05) is 7.11 Å². The number of hydrogen-bond donors (Lipinski definition) is 1. The van der Waals surface area contributed by atoms with Crippen LogP contribution >= 0.6 is 11.3 Å². The number of carbonyl (C=O) groups excluding carboxylic acids is 2. The number of ether oxygens (including phenoxy) is 1. The number of carbonyl (C=O) groups is 2. The summed E-state index contributed by atoms with van der Waals surface area (Å²) in [5, 5.41) is 8.88. The molecule has 29 heavy (non-hydrogen) atoms. The predicted octanol–water partition coefficient (Wildman–Crippen LogP) is 3.09. The van der Waals surface area contributed by atoms with E-state index in [0.717, 1.165) is 28.2 Å². The molecule has 3 heterocycles. The summed E-state index contributed by atoms with van der Waals surface area (Å²) in [6.07, 6.45) is 2.38. The van der Waals surface area contributed by atoms with Gasteiger partial charge >= 0.3 is 6.03 Å².